The van der Waals surface area contributed by atoms with Crippen LogP contribution >= 0.6 is 0 Å². The number of nitrogen functional groups attached to an aromatic ring is 1. The zero-order valence-corrected chi connectivity index (χ0v) is 11.1. The molecule has 0 bridgehead atoms. The molecule has 1 aliphatic heterocycles. The largest absolute Gasteiger partial charge is 0.393 e. The number of nitrogens with zero attached hydrogens (tertiary/aromatic N) is 4. The lowest BCUT2D eigenvalue weighted by atomic mass is 10.1. The van der Waals surface area contributed by atoms with Gasteiger partial charge in [0.05, 0.1) is 30.3 Å². The van der Waals surface area contributed by atoms with Gasteiger partial charge in [-0.25, -0.2) is 4.98 Å². The summed E-state index contributed by atoms with van der Waals surface area (Å²) in [6.07, 6.45) is 1.12. The summed E-state index contributed by atoms with van der Waals surface area (Å²) in [5.74, 6) is 0.157. The molecule has 9 nitrogen and oxygen atoms in total. The van der Waals surface area contributed by atoms with Gasteiger partial charge in [0, 0.05) is 6.54 Å². The van der Waals surface area contributed by atoms with Gasteiger partial charge in [-0.3, -0.25) is 10.1 Å². The van der Waals surface area contributed by atoms with E-state index in [9.17, 15) is 15.2 Å². The predicted molar refractivity (Wildman–Crippen MR) is 71.3 cm³/mol. The minimum Gasteiger partial charge on any atom is -0.393 e. The molecule has 1 aliphatic rings. The van der Waals surface area contributed by atoms with Crippen LogP contribution in [0.2, 0.25) is 0 Å². The third kappa shape index (κ3) is 3.11. The molecule has 2 rings (SSSR count). The van der Waals surface area contributed by atoms with Gasteiger partial charge in [0.1, 0.15) is 6.20 Å². The van der Waals surface area contributed by atoms with Gasteiger partial charge in [-0.15, -0.1) is 0 Å². The van der Waals surface area contributed by atoms with Crippen LogP contribution in [-0.2, 0) is 4.74 Å². The van der Waals surface area contributed by atoms with Gasteiger partial charge in [-0.05, 0) is 13.3 Å². The molecule has 3 N–H and O–H groups in total. The first-order valence-electron chi connectivity index (χ1n) is 6.28. The molecular formula is C11H17N5O4. The first kappa shape index (κ1) is 14.4. The lowest BCUT2D eigenvalue weighted by Crippen LogP contribution is -2.47. The number of hydrogen-bond acceptors (Lipinski definition) is 8. The summed E-state index contributed by atoms with van der Waals surface area (Å²) in [4.78, 5) is 19.9. The normalized spacial score (nSPS) is 20.7. The van der Waals surface area contributed by atoms with Crippen molar-refractivity contribution in [3.63, 3.8) is 0 Å². The molecule has 2 unspecified atom stereocenters. The lowest BCUT2D eigenvalue weighted by molar-refractivity contribution is -0.384. The van der Waals surface area contributed by atoms with Crippen LogP contribution in [0.5, 0.6) is 0 Å². The first-order valence-corrected chi connectivity index (χ1v) is 6.28. The number of anilines is 2. The van der Waals surface area contributed by atoms with Gasteiger partial charge >= 0.3 is 5.69 Å². The highest BCUT2D eigenvalue weighted by atomic mass is 16.6. The molecule has 20 heavy (non-hydrogen) atoms. The fourth-order valence-corrected chi connectivity index (χ4v) is 2.17. The van der Waals surface area contributed by atoms with Crippen molar-refractivity contribution in [3.05, 3.63) is 16.3 Å². The molecule has 0 spiro atoms. The monoisotopic (exact) mass is 283 g/mol. The van der Waals surface area contributed by atoms with Crippen molar-refractivity contribution >= 4 is 17.5 Å². The number of nitro groups is 1. The molecule has 0 radical (unpaired) electrons. The topological polar surface area (TPSA) is 128 Å². The number of morpholine rings is 1. The quantitative estimate of drug-likeness (QED) is 0.581. The summed E-state index contributed by atoms with van der Waals surface area (Å²) in [6, 6.07) is -0.0791. The molecule has 2 atom stereocenters. The fourth-order valence-electron chi connectivity index (χ4n) is 2.17. The van der Waals surface area contributed by atoms with E-state index in [-0.39, 0.29) is 17.5 Å². The molecule has 2 heterocycles. The van der Waals surface area contributed by atoms with Crippen LogP contribution in [0.15, 0.2) is 6.20 Å². The number of aromatic nitrogens is 2. The Bertz CT molecular complexity index is 496. The number of hydrogen-bond donors (Lipinski definition) is 2. The Kier molecular flexibility index (Phi) is 4.30. The Labute approximate surface area is 115 Å². The number of nitrogens with two attached hydrogens (primary N) is 1. The van der Waals surface area contributed by atoms with Gasteiger partial charge in [-0.1, -0.05) is 0 Å². The molecule has 0 amide bonds. The van der Waals surface area contributed by atoms with Crippen LogP contribution in [0.3, 0.4) is 0 Å². The standard InChI is InChI=1S/C11H17N5O4/c1-7(17)4-8-6-20-3-2-15(8)11-13-5-9(16(18)19)10(12)14-11/h5,7-8,17H,2-4,6H2,1H3,(H2,12,13,14). The van der Waals surface area contributed by atoms with Gasteiger partial charge in [0.2, 0.25) is 11.8 Å². The highest BCUT2D eigenvalue weighted by Crippen LogP contribution is 2.23. The van der Waals surface area contributed by atoms with Crippen LogP contribution in [0.1, 0.15) is 13.3 Å². The van der Waals surface area contributed by atoms with E-state index in [1.807, 2.05) is 4.90 Å². The lowest BCUT2D eigenvalue weighted by Gasteiger charge is -2.36. The Morgan fingerprint density at radius 2 is 2.50 bits per heavy atom. The van der Waals surface area contributed by atoms with E-state index >= 15 is 0 Å². The van der Waals surface area contributed by atoms with E-state index in [0.29, 0.717) is 32.1 Å². The second-order valence-electron chi connectivity index (χ2n) is 4.70. The Hall–Kier alpha value is -2.00. The maximum Gasteiger partial charge on any atom is 0.329 e. The van der Waals surface area contributed by atoms with Crippen molar-refractivity contribution in [2.45, 2.75) is 25.5 Å². The summed E-state index contributed by atoms with van der Waals surface area (Å²) in [5, 5.41) is 20.2. The third-order valence-electron chi connectivity index (χ3n) is 3.08. The molecule has 0 saturated carbocycles. The number of rotatable bonds is 4. The SMILES string of the molecule is CC(O)CC1COCCN1c1ncc([N+](=O)[O-])c(N)n1. The molecule has 1 saturated heterocycles. The van der Waals surface area contributed by atoms with E-state index in [4.69, 9.17) is 10.5 Å². The predicted octanol–water partition coefficient (Wildman–Crippen LogP) is -0.0569. The van der Waals surface area contributed by atoms with Crippen molar-refractivity contribution in [3.8, 4) is 0 Å². The highest BCUT2D eigenvalue weighted by molar-refractivity contribution is 5.54. The van der Waals surface area contributed by atoms with E-state index in [0.717, 1.165) is 6.20 Å². The van der Waals surface area contributed by atoms with Gasteiger partial charge < -0.3 is 20.5 Å². The van der Waals surface area contributed by atoms with Crippen molar-refractivity contribution in [2.24, 2.45) is 0 Å². The minimum atomic E-state index is -0.619. The second kappa shape index (κ2) is 5.97. The molecule has 1 aromatic heterocycles. The van der Waals surface area contributed by atoms with Gasteiger partial charge in [0.25, 0.3) is 0 Å². The number of aliphatic hydroxyl groups is 1. The zero-order valence-electron chi connectivity index (χ0n) is 11.1. The molecule has 110 valence electrons. The highest BCUT2D eigenvalue weighted by Gasteiger charge is 2.27. The zero-order chi connectivity index (χ0) is 14.7. The smallest absolute Gasteiger partial charge is 0.329 e. The van der Waals surface area contributed by atoms with Crippen LogP contribution in [0.4, 0.5) is 17.5 Å². The van der Waals surface area contributed by atoms with Gasteiger partial charge in [0.15, 0.2) is 0 Å². The van der Waals surface area contributed by atoms with Crippen LogP contribution < -0.4 is 10.6 Å². The molecule has 0 aromatic carbocycles. The molecule has 0 aliphatic carbocycles. The minimum absolute atomic E-state index is 0.0791. The van der Waals surface area contributed by atoms with Crippen molar-refractivity contribution in [1.82, 2.24) is 9.97 Å². The van der Waals surface area contributed by atoms with Crippen molar-refractivity contribution < 1.29 is 14.8 Å². The van der Waals surface area contributed by atoms with E-state index in [2.05, 4.69) is 9.97 Å². The summed E-state index contributed by atoms with van der Waals surface area (Å²) in [6.45, 7) is 3.20. The summed E-state index contributed by atoms with van der Waals surface area (Å²) >= 11 is 0. The van der Waals surface area contributed by atoms with Crippen molar-refractivity contribution in [1.29, 1.82) is 0 Å². The molecule has 1 aromatic rings. The fraction of sp³-hybridized carbons (Fsp3) is 0.636. The van der Waals surface area contributed by atoms with E-state index in [1.54, 1.807) is 6.92 Å². The maximum atomic E-state index is 10.7. The number of aliphatic hydroxyl groups excluding tert-OH is 1. The third-order valence-corrected chi connectivity index (χ3v) is 3.08. The molecule has 9 heteroatoms. The molecular weight excluding hydrogens is 266 g/mol. The van der Waals surface area contributed by atoms with E-state index in [1.165, 1.54) is 0 Å². The van der Waals surface area contributed by atoms with Crippen LogP contribution in [-0.4, -0.2) is 51.9 Å². The number of ether oxygens (including phenoxy) is 1. The summed E-state index contributed by atoms with van der Waals surface area (Å²) in [5.41, 5.74) is 5.26. The summed E-state index contributed by atoms with van der Waals surface area (Å²) in [7, 11) is 0. The van der Waals surface area contributed by atoms with E-state index < -0.39 is 11.0 Å². The average molecular weight is 283 g/mol. The van der Waals surface area contributed by atoms with Crippen LogP contribution in [0, 0.1) is 10.1 Å². The van der Waals surface area contributed by atoms with Crippen molar-refractivity contribution in [2.75, 3.05) is 30.4 Å². The van der Waals surface area contributed by atoms with Crippen LogP contribution in [0.25, 0.3) is 0 Å². The maximum absolute atomic E-state index is 10.7. The summed E-state index contributed by atoms with van der Waals surface area (Å²) < 4.78 is 5.38. The Morgan fingerprint density at radius 3 is 3.10 bits per heavy atom. The Balaban J connectivity index is 2.23. The Morgan fingerprint density at radius 1 is 1.75 bits per heavy atom. The second-order valence-corrected chi connectivity index (χ2v) is 4.70. The van der Waals surface area contributed by atoms with Gasteiger partial charge in [-0.2, -0.15) is 4.98 Å². The first-order chi connectivity index (χ1) is 9.49. The average Bonchev–Trinajstić information content (AvgIpc) is 2.38. The molecule has 1 fully saturated rings.